The van der Waals surface area contributed by atoms with E-state index in [9.17, 15) is 4.79 Å². The molecular weight excluding hydrogens is 430 g/mol. The number of amides is 1. The van der Waals surface area contributed by atoms with Crippen LogP contribution in [-0.2, 0) is 19.7 Å². The van der Waals surface area contributed by atoms with Crippen molar-refractivity contribution in [2.24, 2.45) is 0 Å². The number of hydrogen-bond donors (Lipinski definition) is 0. The van der Waals surface area contributed by atoms with E-state index in [-0.39, 0.29) is 5.91 Å². The molecule has 1 heterocycles. The Labute approximate surface area is 180 Å². The summed E-state index contributed by atoms with van der Waals surface area (Å²) in [5.74, 6) is 0.830. The van der Waals surface area contributed by atoms with Gasteiger partial charge in [0, 0.05) is 19.2 Å². The number of hydrogen-bond acceptors (Lipinski definition) is 3. The molecular formula is C23H26BrN3O2. The maximum Gasteiger partial charge on any atom is 0.253 e. The first kappa shape index (κ1) is 21.1. The average molecular weight is 456 g/mol. The highest BCUT2D eigenvalue weighted by Crippen LogP contribution is 2.21. The lowest BCUT2D eigenvalue weighted by molar-refractivity contribution is 0.0781. The van der Waals surface area contributed by atoms with Crippen molar-refractivity contribution in [2.45, 2.75) is 40.5 Å². The van der Waals surface area contributed by atoms with Crippen molar-refractivity contribution in [3.8, 4) is 5.75 Å². The minimum Gasteiger partial charge on any atom is -0.489 e. The largest absolute Gasteiger partial charge is 0.489 e. The van der Waals surface area contributed by atoms with Gasteiger partial charge < -0.3 is 9.64 Å². The summed E-state index contributed by atoms with van der Waals surface area (Å²) in [7, 11) is 1.81. The standard InChI is InChI=1S/C23H26BrN3O2/c1-5-27-21(20(24)13-25-27)14-26(4)23(28)19-8-6-7-18(12-19)15-29-22-10-9-16(2)11-17(22)3/h6-13H,5,14-15H2,1-4H3. The first-order valence-corrected chi connectivity index (χ1v) is 10.4. The third kappa shape index (κ3) is 5.07. The number of aryl methyl sites for hydroxylation is 3. The Hall–Kier alpha value is -2.60. The fourth-order valence-electron chi connectivity index (χ4n) is 3.25. The van der Waals surface area contributed by atoms with Gasteiger partial charge in [-0.2, -0.15) is 5.10 Å². The molecule has 2 aromatic carbocycles. The molecule has 3 aromatic rings. The molecule has 0 aliphatic rings. The molecule has 0 aliphatic carbocycles. The van der Waals surface area contributed by atoms with Crippen LogP contribution in [0, 0.1) is 13.8 Å². The topological polar surface area (TPSA) is 47.4 Å². The van der Waals surface area contributed by atoms with Crippen molar-refractivity contribution in [3.63, 3.8) is 0 Å². The molecule has 0 fully saturated rings. The molecule has 0 spiro atoms. The Bertz CT molecular complexity index is 1010. The number of ether oxygens (including phenoxy) is 1. The highest BCUT2D eigenvalue weighted by molar-refractivity contribution is 9.10. The van der Waals surface area contributed by atoms with Crippen molar-refractivity contribution < 1.29 is 9.53 Å². The minimum atomic E-state index is -0.0332. The van der Waals surface area contributed by atoms with Gasteiger partial charge in [0.1, 0.15) is 12.4 Å². The van der Waals surface area contributed by atoms with Crippen LogP contribution < -0.4 is 4.74 Å². The number of benzene rings is 2. The molecule has 3 rings (SSSR count). The van der Waals surface area contributed by atoms with Crippen molar-refractivity contribution in [2.75, 3.05) is 7.05 Å². The number of aromatic nitrogens is 2. The summed E-state index contributed by atoms with van der Waals surface area (Å²) in [6.45, 7) is 7.79. The summed E-state index contributed by atoms with van der Waals surface area (Å²) in [5, 5.41) is 4.31. The van der Waals surface area contributed by atoms with Gasteiger partial charge in [0.15, 0.2) is 0 Å². The first-order chi connectivity index (χ1) is 13.9. The second-order valence-corrected chi connectivity index (χ2v) is 8.03. The number of carbonyl (C=O) groups excluding carboxylic acids is 1. The van der Waals surface area contributed by atoms with Crippen LogP contribution in [-0.4, -0.2) is 27.6 Å². The second kappa shape index (κ2) is 9.27. The van der Waals surface area contributed by atoms with E-state index in [1.807, 2.05) is 54.9 Å². The zero-order valence-corrected chi connectivity index (χ0v) is 18.9. The van der Waals surface area contributed by atoms with Gasteiger partial charge >= 0.3 is 0 Å². The van der Waals surface area contributed by atoms with Gasteiger partial charge in [0.2, 0.25) is 0 Å². The van der Waals surface area contributed by atoms with E-state index in [4.69, 9.17) is 4.74 Å². The van der Waals surface area contributed by atoms with E-state index in [1.54, 1.807) is 18.1 Å². The lowest BCUT2D eigenvalue weighted by Crippen LogP contribution is -2.27. The van der Waals surface area contributed by atoms with Gasteiger partial charge in [0.05, 0.1) is 22.9 Å². The van der Waals surface area contributed by atoms with Crippen LogP contribution in [0.4, 0.5) is 0 Å². The van der Waals surface area contributed by atoms with E-state index >= 15 is 0 Å². The quantitative estimate of drug-likeness (QED) is 0.495. The lowest BCUT2D eigenvalue weighted by Gasteiger charge is -2.19. The van der Waals surface area contributed by atoms with Crippen molar-refractivity contribution >= 4 is 21.8 Å². The molecule has 1 amide bonds. The van der Waals surface area contributed by atoms with Crippen LogP contribution in [0.25, 0.3) is 0 Å². The number of halogens is 1. The van der Waals surface area contributed by atoms with E-state index in [0.29, 0.717) is 18.7 Å². The summed E-state index contributed by atoms with van der Waals surface area (Å²) in [5.41, 5.74) is 4.91. The highest BCUT2D eigenvalue weighted by Gasteiger charge is 2.16. The SMILES string of the molecule is CCn1ncc(Br)c1CN(C)C(=O)c1cccc(COc2ccc(C)cc2C)c1. The molecule has 5 nitrogen and oxygen atoms in total. The molecule has 0 aliphatic heterocycles. The number of rotatable bonds is 7. The molecule has 0 atom stereocenters. The fraction of sp³-hybridized carbons (Fsp3) is 0.304. The van der Waals surface area contributed by atoms with Crippen molar-refractivity contribution in [1.29, 1.82) is 0 Å². The molecule has 29 heavy (non-hydrogen) atoms. The molecule has 1 aromatic heterocycles. The van der Waals surface area contributed by atoms with Crippen LogP contribution >= 0.6 is 15.9 Å². The fourth-order valence-corrected chi connectivity index (χ4v) is 3.67. The zero-order chi connectivity index (χ0) is 21.0. The molecule has 0 unspecified atom stereocenters. The van der Waals surface area contributed by atoms with Gasteiger partial charge in [0.25, 0.3) is 5.91 Å². The summed E-state index contributed by atoms with van der Waals surface area (Å²) in [6.07, 6.45) is 1.77. The van der Waals surface area contributed by atoms with E-state index in [1.165, 1.54) is 5.56 Å². The molecule has 6 heteroatoms. The van der Waals surface area contributed by atoms with Gasteiger partial charge in [-0.3, -0.25) is 9.48 Å². The van der Waals surface area contributed by atoms with Crippen LogP contribution in [0.2, 0.25) is 0 Å². The summed E-state index contributed by atoms with van der Waals surface area (Å²) < 4.78 is 8.76. The van der Waals surface area contributed by atoms with E-state index in [0.717, 1.165) is 33.6 Å². The summed E-state index contributed by atoms with van der Waals surface area (Å²) in [4.78, 5) is 14.6. The molecule has 0 N–H and O–H groups in total. The van der Waals surface area contributed by atoms with E-state index < -0.39 is 0 Å². The first-order valence-electron chi connectivity index (χ1n) is 9.63. The van der Waals surface area contributed by atoms with Crippen LogP contribution in [0.1, 0.15) is 39.7 Å². The Morgan fingerprint density at radius 2 is 2.00 bits per heavy atom. The maximum absolute atomic E-state index is 12.9. The third-order valence-electron chi connectivity index (χ3n) is 4.83. The highest BCUT2D eigenvalue weighted by atomic mass is 79.9. The van der Waals surface area contributed by atoms with Crippen molar-refractivity contribution in [3.05, 3.63) is 81.1 Å². The van der Waals surface area contributed by atoms with Crippen molar-refractivity contribution in [1.82, 2.24) is 14.7 Å². The van der Waals surface area contributed by atoms with Crippen LogP contribution in [0.3, 0.4) is 0 Å². The Balaban J connectivity index is 1.69. The molecule has 0 radical (unpaired) electrons. The molecule has 0 saturated carbocycles. The zero-order valence-electron chi connectivity index (χ0n) is 17.3. The van der Waals surface area contributed by atoms with Gasteiger partial charge in [-0.05, 0) is 66.0 Å². The van der Waals surface area contributed by atoms with Gasteiger partial charge in [-0.1, -0.05) is 29.8 Å². The summed E-state index contributed by atoms with van der Waals surface area (Å²) >= 11 is 3.52. The van der Waals surface area contributed by atoms with Crippen LogP contribution in [0.15, 0.2) is 53.1 Å². The number of carbonyl (C=O) groups is 1. The van der Waals surface area contributed by atoms with E-state index in [2.05, 4.69) is 34.0 Å². The average Bonchev–Trinajstić information content (AvgIpc) is 3.06. The third-order valence-corrected chi connectivity index (χ3v) is 5.49. The van der Waals surface area contributed by atoms with Gasteiger partial charge in [-0.25, -0.2) is 0 Å². The maximum atomic E-state index is 12.9. The Morgan fingerprint density at radius 1 is 1.21 bits per heavy atom. The number of nitrogens with zero attached hydrogens (tertiary/aromatic N) is 3. The minimum absolute atomic E-state index is 0.0332. The lowest BCUT2D eigenvalue weighted by atomic mass is 10.1. The molecule has 0 bridgehead atoms. The van der Waals surface area contributed by atoms with Gasteiger partial charge in [-0.15, -0.1) is 0 Å². The predicted molar refractivity (Wildman–Crippen MR) is 118 cm³/mol. The second-order valence-electron chi connectivity index (χ2n) is 7.17. The molecule has 152 valence electrons. The summed E-state index contributed by atoms with van der Waals surface area (Å²) in [6, 6.07) is 13.7. The normalized spacial score (nSPS) is 10.8. The molecule has 0 saturated heterocycles. The van der Waals surface area contributed by atoms with Crippen LogP contribution in [0.5, 0.6) is 5.75 Å². The smallest absolute Gasteiger partial charge is 0.253 e. The monoisotopic (exact) mass is 455 g/mol. The predicted octanol–water partition coefficient (Wildman–Crippen LogP) is 5.13. The Morgan fingerprint density at radius 3 is 2.72 bits per heavy atom. The Kier molecular flexibility index (Phi) is 6.75.